The maximum Gasteiger partial charge on any atom is 0.254 e. The number of hydrogen-bond donors (Lipinski definition) is 3. The molecule has 2 aromatic rings. The number of hydrogen-bond acceptors (Lipinski definition) is 4. The van der Waals surface area contributed by atoms with Crippen LogP contribution in [0.25, 0.3) is 0 Å². The van der Waals surface area contributed by atoms with E-state index >= 15 is 0 Å². The van der Waals surface area contributed by atoms with Crippen molar-refractivity contribution in [2.45, 2.75) is 18.9 Å². The summed E-state index contributed by atoms with van der Waals surface area (Å²) in [7, 11) is 0. The zero-order valence-electron chi connectivity index (χ0n) is 13.1. The fourth-order valence-electron chi connectivity index (χ4n) is 2.46. The number of anilines is 2. The number of halogens is 1. The SMILES string of the molecule is O=C(CCC1NC(=O)c2ccccc2NC1=O)Nc1ccc(Cl)nc1. The molecule has 0 saturated carbocycles. The molecule has 0 radical (unpaired) electrons. The van der Waals surface area contributed by atoms with Crippen molar-refractivity contribution in [3.8, 4) is 0 Å². The zero-order chi connectivity index (χ0) is 17.8. The molecule has 2 heterocycles. The molecule has 8 heteroatoms. The van der Waals surface area contributed by atoms with Crippen LogP contribution in [0.15, 0.2) is 42.6 Å². The topological polar surface area (TPSA) is 100 Å². The summed E-state index contributed by atoms with van der Waals surface area (Å²) < 4.78 is 0. The molecule has 0 spiro atoms. The standard InChI is InChI=1S/C17H15ClN4O3/c18-14-7-5-10(9-19-14)20-15(23)8-6-13-17(25)21-12-4-2-1-3-11(12)16(24)22-13/h1-5,7,9,13H,6,8H2,(H,20,23)(H,21,25)(H,22,24). The Hall–Kier alpha value is -2.93. The quantitative estimate of drug-likeness (QED) is 0.729. The Morgan fingerprint density at radius 2 is 2.00 bits per heavy atom. The van der Waals surface area contributed by atoms with Crippen LogP contribution in [0.5, 0.6) is 0 Å². The molecule has 0 aliphatic carbocycles. The van der Waals surface area contributed by atoms with Crippen LogP contribution in [0.4, 0.5) is 11.4 Å². The first-order valence-corrected chi connectivity index (χ1v) is 8.03. The number of rotatable bonds is 4. The Labute approximate surface area is 148 Å². The van der Waals surface area contributed by atoms with Gasteiger partial charge in [-0.2, -0.15) is 0 Å². The molecular formula is C17H15ClN4O3. The molecule has 25 heavy (non-hydrogen) atoms. The van der Waals surface area contributed by atoms with Gasteiger partial charge in [-0.3, -0.25) is 14.4 Å². The minimum absolute atomic E-state index is 0.0668. The van der Waals surface area contributed by atoms with Crippen LogP contribution in [0.1, 0.15) is 23.2 Å². The Balaban J connectivity index is 1.59. The van der Waals surface area contributed by atoms with E-state index < -0.39 is 6.04 Å². The number of pyridine rings is 1. The number of carbonyl (C=O) groups excluding carboxylic acids is 3. The third-order valence-corrected chi connectivity index (χ3v) is 3.95. The summed E-state index contributed by atoms with van der Waals surface area (Å²) in [5.41, 5.74) is 1.37. The van der Waals surface area contributed by atoms with Crippen LogP contribution in [0.3, 0.4) is 0 Å². The molecule has 0 saturated heterocycles. The van der Waals surface area contributed by atoms with E-state index in [1.54, 1.807) is 36.4 Å². The lowest BCUT2D eigenvalue weighted by Crippen LogP contribution is -2.41. The zero-order valence-corrected chi connectivity index (χ0v) is 13.8. The molecule has 1 aromatic heterocycles. The number of aromatic nitrogens is 1. The van der Waals surface area contributed by atoms with Gasteiger partial charge in [0.15, 0.2) is 0 Å². The molecule has 3 rings (SSSR count). The highest BCUT2D eigenvalue weighted by Crippen LogP contribution is 2.19. The second-order valence-electron chi connectivity index (χ2n) is 5.52. The van der Waals surface area contributed by atoms with Gasteiger partial charge in [0.1, 0.15) is 11.2 Å². The van der Waals surface area contributed by atoms with Crippen molar-refractivity contribution in [3.63, 3.8) is 0 Å². The highest BCUT2D eigenvalue weighted by Gasteiger charge is 2.27. The molecule has 3 N–H and O–H groups in total. The summed E-state index contributed by atoms with van der Waals surface area (Å²) in [5, 5.41) is 8.35. The molecule has 0 fully saturated rings. The first kappa shape index (κ1) is 16.9. The fraction of sp³-hybridized carbons (Fsp3) is 0.176. The van der Waals surface area contributed by atoms with Crippen molar-refractivity contribution in [2.75, 3.05) is 10.6 Å². The summed E-state index contributed by atoms with van der Waals surface area (Å²) in [6.07, 6.45) is 1.69. The molecule has 3 amide bonds. The van der Waals surface area contributed by atoms with E-state index in [0.717, 1.165) is 0 Å². The summed E-state index contributed by atoms with van der Waals surface area (Å²) in [5.74, 6) is -0.978. The lowest BCUT2D eigenvalue weighted by Gasteiger charge is -2.14. The van der Waals surface area contributed by atoms with E-state index in [1.807, 2.05) is 0 Å². The third-order valence-electron chi connectivity index (χ3n) is 3.72. The van der Waals surface area contributed by atoms with Gasteiger partial charge in [-0.25, -0.2) is 4.98 Å². The number of benzene rings is 1. The van der Waals surface area contributed by atoms with Crippen LogP contribution in [0, 0.1) is 0 Å². The van der Waals surface area contributed by atoms with Gasteiger partial charge < -0.3 is 16.0 Å². The monoisotopic (exact) mass is 358 g/mol. The van der Waals surface area contributed by atoms with Gasteiger partial charge in [-0.15, -0.1) is 0 Å². The number of para-hydroxylation sites is 1. The van der Waals surface area contributed by atoms with Crippen LogP contribution < -0.4 is 16.0 Å². The van der Waals surface area contributed by atoms with Crippen LogP contribution in [-0.4, -0.2) is 28.7 Å². The van der Waals surface area contributed by atoms with E-state index in [1.165, 1.54) is 6.20 Å². The Bertz CT molecular complexity index is 823. The number of nitrogens with zero attached hydrogens (tertiary/aromatic N) is 1. The molecule has 0 bridgehead atoms. The van der Waals surface area contributed by atoms with Crippen molar-refractivity contribution in [1.82, 2.24) is 10.3 Å². The minimum atomic E-state index is -0.783. The maximum absolute atomic E-state index is 12.2. The molecular weight excluding hydrogens is 344 g/mol. The number of amides is 3. The number of nitrogens with one attached hydrogen (secondary N) is 3. The average Bonchev–Trinajstić information content (AvgIpc) is 2.72. The Kier molecular flexibility index (Phi) is 4.95. The third kappa shape index (κ3) is 4.13. The van der Waals surface area contributed by atoms with Gasteiger partial charge in [-0.05, 0) is 30.7 Å². The number of carbonyl (C=O) groups is 3. The predicted molar refractivity (Wildman–Crippen MR) is 93.4 cm³/mol. The summed E-state index contributed by atoms with van der Waals surface area (Å²) in [6.45, 7) is 0. The first-order chi connectivity index (χ1) is 12.0. The van der Waals surface area contributed by atoms with Gasteiger partial charge in [0, 0.05) is 6.42 Å². The van der Waals surface area contributed by atoms with Gasteiger partial charge in [0.2, 0.25) is 11.8 Å². The highest BCUT2D eigenvalue weighted by molar-refractivity contribution is 6.29. The Morgan fingerprint density at radius 1 is 1.20 bits per heavy atom. The molecule has 1 aliphatic rings. The van der Waals surface area contributed by atoms with E-state index in [-0.39, 0.29) is 30.6 Å². The summed E-state index contributed by atoms with van der Waals surface area (Å²) >= 11 is 5.69. The molecule has 1 unspecified atom stereocenters. The lowest BCUT2D eigenvalue weighted by molar-refractivity contribution is -0.118. The van der Waals surface area contributed by atoms with E-state index in [0.29, 0.717) is 22.1 Å². The van der Waals surface area contributed by atoms with Crippen molar-refractivity contribution in [1.29, 1.82) is 0 Å². The largest absolute Gasteiger partial charge is 0.340 e. The van der Waals surface area contributed by atoms with Crippen molar-refractivity contribution >= 4 is 40.7 Å². The van der Waals surface area contributed by atoms with Crippen molar-refractivity contribution in [2.24, 2.45) is 0 Å². The molecule has 7 nitrogen and oxygen atoms in total. The van der Waals surface area contributed by atoms with Crippen LogP contribution in [-0.2, 0) is 9.59 Å². The van der Waals surface area contributed by atoms with Gasteiger partial charge in [0.05, 0.1) is 23.1 Å². The molecule has 1 aliphatic heterocycles. The minimum Gasteiger partial charge on any atom is -0.340 e. The number of fused-ring (bicyclic) bond motifs is 1. The summed E-state index contributed by atoms with van der Waals surface area (Å²) in [4.78, 5) is 40.3. The first-order valence-electron chi connectivity index (χ1n) is 7.65. The smallest absolute Gasteiger partial charge is 0.254 e. The maximum atomic E-state index is 12.2. The lowest BCUT2D eigenvalue weighted by atomic mass is 10.1. The van der Waals surface area contributed by atoms with Gasteiger partial charge in [0.25, 0.3) is 5.91 Å². The van der Waals surface area contributed by atoms with E-state index in [2.05, 4.69) is 20.9 Å². The highest BCUT2D eigenvalue weighted by atomic mass is 35.5. The average molecular weight is 359 g/mol. The van der Waals surface area contributed by atoms with Crippen LogP contribution >= 0.6 is 11.6 Å². The second kappa shape index (κ2) is 7.31. The predicted octanol–water partition coefficient (Wildman–Crippen LogP) is 2.20. The molecule has 1 aromatic carbocycles. The van der Waals surface area contributed by atoms with Crippen molar-refractivity contribution < 1.29 is 14.4 Å². The summed E-state index contributed by atoms with van der Waals surface area (Å²) in [6, 6.07) is 9.16. The Morgan fingerprint density at radius 3 is 2.76 bits per heavy atom. The van der Waals surface area contributed by atoms with Crippen molar-refractivity contribution in [3.05, 3.63) is 53.3 Å². The van der Waals surface area contributed by atoms with E-state index in [9.17, 15) is 14.4 Å². The normalized spacial score (nSPS) is 16.3. The molecule has 1 atom stereocenters. The second-order valence-corrected chi connectivity index (χ2v) is 5.90. The fourth-order valence-corrected chi connectivity index (χ4v) is 2.58. The van der Waals surface area contributed by atoms with E-state index in [4.69, 9.17) is 11.6 Å². The molecule has 128 valence electrons. The van der Waals surface area contributed by atoms with Crippen LogP contribution in [0.2, 0.25) is 5.15 Å². The van der Waals surface area contributed by atoms with Gasteiger partial charge >= 0.3 is 0 Å². The van der Waals surface area contributed by atoms with Gasteiger partial charge in [-0.1, -0.05) is 23.7 Å².